The summed E-state index contributed by atoms with van der Waals surface area (Å²) in [6, 6.07) is 7.39. The van der Waals surface area contributed by atoms with Crippen LogP contribution in [0.2, 0.25) is 0 Å². The van der Waals surface area contributed by atoms with E-state index in [1.807, 2.05) is 24.3 Å². The third kappa shape index (κ3) is 2.76. The second-order valence-corrected chi connectivity index (χ2v) is 4.44. The Kier molecular flexibility index (Phi) is 4.16. The molecule has 102 valence electrons. The molecule has 1 unspecified atom stereocenters. The van der Waals surface area contributed by atoms with E-state index in [2.05, 4.69) is 21.2 Å². The summed E-state index contributed by atoms with van der Waals surface area (Å²) < 4.78 is 6.76. The number of aromatic nitrogens is 2. The van der Waals surface area contributed by atoms with Crippen molar-refractivity contribution in [3.05, 3.63) is 30.1 Å². The van der Waals surface area contributed by atoms with Crippen LogP contribution in [-0.2, 0) is 22.5 Å². The van der Waals surface area contributed by atoms with Crippen molar-refractivity contribution in [1.29, 1.82) is 0 Å². The number of ether oxygens (including phenoxy) is 1. The lowest BCUT2D eigenvalue weighted by Crippen LogP contribution is -2.32. The van der Waals surface area contributed by atoms with Gasteiger partial charge in [-0.3, -0.25) is 4.79 Å². The Balaban J connectivity index is 2.22. The molecule has 0 aliphatic rings. The van der Waals surface area contributed by atoms with E-state index in [9.17, 15) is 4.79 Å². The number of benzene rings is 1. The van der Waals surface area contributed by atoms with Crippen molar-refractivity contribution in [3.8, 4) is 0 Å². The number of imidazole rings is 1. The zero-order valence-electron chi connectivity index (χ0n) is 11.3. The van der Waals surface area contributed by atoms with Gasteiger partial charge in [0, 0.05) is 13.0 Å². The van der Waals surface area contributed by atoms with Gasteiger partial charge < -0.3 is 15.0 Å². The van der Waals surface area contributed by atoms with Gasteiger partial charge in [-0.2, -0.15) is 0 Å². The average Bonchev–Trinajstić information content (AvgIpc) is 2.81. The number of hydrogen-bond acceptors (Lipinski definition) is 4. The Morgan fingerprint density at radius 3 is 2.89 bits per heavy atom. The zero-order chi connectivity index (χ0) is 13.8. The highest BCUT2D eigenvalue weighted by Crippen LogP contribution is 2.17. The zero-order valence-corrected chi connectivity index (χ0v) is 11.3. The molecule has 0 spiro atoms. The molecule has 5 heteroatoms. The van der Waals surface area contributed by atoms with Gasteiger partial charge in [0.1, 0.15) is 11.9 Å². The van der Waals surface area contributed by atoms with Gasteiger partial charge in [-0.05, 0) is 18.6 Å². The standard InChI is InChI=1S/C14H19N3O2/c1-3-13-16-11-6-4-5-7-12(11)17(13)9-8-10(15)14(18)19-2/h4-7,10H,3,8-9,15H2,1-2H3. The monoisotopic (exact) mass is 261 g/mol. The van der Waals surface area contributed by atoms with E-state index < -0.39 is 6.04 Å². The maximum atomic E-state index is 11.3. The molecule has 0 radical (unpaired) electrons. The van der Waals surface area contributed by atoms with Crippen LogP contribution in [0, 0.1) is 0 Å². The summed E-state index contributed by atoms with van der Waals surface area (Å²) in [6.45, 7) is 2.73. The predicted octanol–water partition coefficient (Wildman–Crippen LogP) is 1.49. The molecular weight excluding hydrogens is 242 g/mol. The van der Waals surface area contributed by atoms with Gasteiger partial charge in [0.05, 0.1) is 18.1 Å². The fourth-order valence-corrected chi connectivity index (χ4v) is 2.18. The Bertz CT molecular complexity index is 577. The molecule has 1 heterocycles. The Morgan fingerprint density at radius 2 is 2.21 bits per heavy atom. The predicted molar refractivity (Wildman–Crippen MR) is 73.7 cm³/mol. The Hall–Kier alpha value is -1.88. The molecule has 0 aliphatic heterocycles. The minimum absolute atomic E-state index is 0.373. The van der Waals surface area contributed by atoms with E-state index in [1.165, 1.54) is 7.11 Å². The van der Waals surface area contributed by atoms with Gasteiger partial charge in [-0.25, -0.2) is 4.98 Å². The average molecular weight is 261 g/mol. The van der Waals surface area contributed by atoms with Crippen molar-refractivity contribution in [3.63, 3.8) is 0 Å². The first-order valence-electron chi connectivity index (χ1n) is 6.45. The number of nitrogens with two attached hydrogens (primary N) is 1. The minimum atomic E-state index is -0.587. The first kappa shape index (κ1) is 13.5. The van der Waals surface area contributed by atoms with Gasteiger partial charge in [-0.1, -0.05) is 19.1 Å². The lowest BCUT2D eigenvalue weighted by atomic mass is 10.2. The smallest absolute Gasteiger partial charge is 0.322 e. The first-order chi connectivity index (χ1) is 9.17. The van der Waals surface area contributed by atoms with Gasteiger partial charge in [0.15, 0.2) is 0 Å². The molecule has 1 atom stereocenters. The van der Waals surface area contributed by atoms with Crippen molar-refractivity contribution < 1.29 is 9.53 Å². The van der Waals surface area contributed by atoms with Gasteiger partial charge in [0.2, 0.25) is 0 Å². The molecule has 0 saturated heterocycles. The lowest BCUT2D eigenvalue weighted by molar-refractivity contribution is -0.142. The minimum Gasteiger partial charge on any atom is -0.468 e. The number of carbonyl (C=O) groups is 1. The molecule has 1 aromatic carbocycles. The molecule has 0 fully saturated rings. The topological polar surface area (TPSA) is 70.1 Å². The molecule has 2 rings (SSSR count). The van der Waals surface area contributed by atoms with E-state index >= 15 is 0 Å². The van der Waals surface area contributed by atoms with Gasteiger partial charge in [-0.15, -0.1) is 0 Å². The molecule has 0 aliphatic carbocycles. The van der Waals surface area contributed by atoms with Crippen molar-refractivity contribution in [2.24, 2.45) is 5.73 Å². The third-order valence-corrected chi connectivity index (χ3v) is 3.22. The van der Waals surface area contributed by atoms with E-state index in [0.29, 0.717) is 13.0 Å². The fourth-order valence-electron chi connectivity index (χ4n) is 2.18. The van der Waals surface area contributed by atoms with E-state index in [-0.39, 0.29) is 5.97 Å². The third-order valence-electron chi connectivity index (χ3n) is 3.22. The summed E-state index contributed by atoms with van der Waals surface area (Å²) in [4.78, 5) is 15.9. The fraction of sp³-hybridized carbons (Fsp3) is 0.429. The maximum Gasteiger partial charge on any atom is 0.322 e. The Labute approximate surface area is 112 Å². The highest BCUT2D eigenvalue weighted by atomic mass is 16.5. The number of carbonyl (C=O) groups excluding carboxylic acids is 1. The number of para-hydroxylation sites is 2. The van der Waals surface area contributed by atoms with Crippen LogP contribution >= 0.6 is 0 Å². The first-order valence-corrected chi connectivity index (χ1v) is 6.45. The van der Waals surface area contributed by atoms with Crippen molar-refractivity contribution in [2.45, 2.75) is 32.4 Å². The molecule has 19 heavy (non-hydrogen) atoms. The normalized spacial score (nSPS) is 12.6. The van der Waals surface area contributed by atoms with E-state index in [4.69, 9.17) is 5.73 Å². The summed E-state index contributed by atoms with van der Waals surface area (Å²) in [5.41, 5.74) is 7.83. The molecule has 2 N–H and O–H groups in total. The van der Waals surface area contributed by atoms with Crippen LogP contribution in [0.15, 0.2) is 24.3 Å². The number of aryl methyl sites for hydroxylation is 2. The summed E-state index contributed by atoms with van der Waals surface area (Å²) in [5.74, 6) is 0.640. The molecule has 0 bridgehead atoms. The van der Waals surface area contributed by atoms with E-state index in [0.717, 1.165) is 23.3 Å². The molecule has 0 saturated carbocycles. The van der Waals surface area contributed by atoms with E-state index in [1.54, 1.807) is 0 Å². The van der Waals surface area contributed by atoms with Crippen LogP contribution in [0.25, 0.3) is 11.0 Å². The molecule has 2 aromatic rings. The summed E-state index contributed by atoms with van der Waals surface area (Å²) in [5, 5.41) is 0. The highest BCUT2D eigenvalue weighted by molar-refractivity contribution is 5.76. The summed E-state index contributed by atoms with van der Waals surface area (Å²) in [6.07, 6.45) is 1.39. The van der Waals surface area contributed by atoms with Crippen LogP contribution in [0.1, 0.15) is 19.2 Å². The van der Waals surface area contributed by atoms with Crippen molar-refractivity contribution in [2.75, 3.05) is 7.11 Å². The number of esters is 1. The van der Waals surface area contributed by atoms with Crippen LogP contribution in [0.4, 0.5) is 0 Å². The van der Waals surface area contributed by atoms with Crippen LogP contribution < -0.4 is 5.73 Å². The highest BCUT2D eigenvalue weighted by Gasteiger charge is 2.15. The summed E-state index contributed by atoms with van der Waals surface area (Å²) >= 11 is 0. The summed E-state index contributed by atoms with van der Waals surface area (Å²) in [7, 11) is 1.35. The second-order valence-electron chi connectivity index (χ2n) is 4.44. The van der Waals surface area contributed by atoms with Crippen molar-refractivity contribution >= 4 is 17.0 Å². The van der Waals surface area contributed by atoms with Gasteiger partial charge in [0.25, 0.3) is 0 Å². The number of methoxy groups -OCH3 is 1. The number of nitrogens with zero attached hydrogens (tertiary/aromatic N) is 2. The quantitative estimate of drug-likeness (QED) is 0.828. The van der Waals surface area contributed by atoms with Crippen LogP contribution in [-0.4, -0.2) is 28.7 Å². The van der Waals surface area contributed by atoms with Crippen LogP contribution in [0.5, 0.6) is 0 Å². The Morgan fingerprint density at radius 1 is 1.47 bits per heavy atom. The van der Waals surface area contributed by atoms with Crippen molar-refractivity contribution in [1.82, 2.24) is 9.55 Å². The number of hydrogen-bond donors (Lipinski definition) is 1. The number of rotatable bonds is 5. The molecule has 1 aromatic heterocycles. The molecule has 5 nitrogen and oxygen atoms in total. The lowest BCUT2D eigenvalue weighted by Gasteiger charge is -2.12. The molecule has 0 amide bonds. The second kappa shape index (κ2) is 5.84. The van der Waals surface area contributed by atoms with Crippen LogP contribution in [0.3, 0.4) is 0 Å². The maximum absolute atomic E-state index is 11.3. The molecular formula is C14H19N3O2. The van der Waals surface area contributed by atoms with Gasteiger partial charge >= 0.3 is 5.97 Å². The SMILES string of the molecule is CCc1nc2ccccc2n1CCC(N)C(=O)OC. The number of fused-ring (bicyclic) bond motifs is 1. The largest absolute Gasteiger partial charge is 0.468 e.